The van der Waals surface area contributed by atoms with Gasteiger partial charge >= 0.3 is 0 Å². The van der Waals surface area contributed by atoms with E-state index >= 15 is 0 Å². The lowest BCUT2D eigenvalue weighted by Crippen LogP contribution is -2.50. The normalized spacial score (nSPS) is 19.2. The van der Waals surface area contributed by atoms with E-state index in [1.165, 1.54) is 11.3 Å². The van der Waals surface area contributed by atoms with E-state index in [9.17, 15) is 14.4 Å². The van der Waals surface area contributed by atoms with Gasteiger partial charge in [0.2, 0.25) is 0 Å². The van der Waals surface area contributed by atoms with Crippen LogP contribution in [-0.4, -0.2) is 41.0 Å². The van der Waals surface area contributed by atoms with E-state index in [1.807, 2.05) is 46.7 Å². The molecule has 0 spiro atoms. The monoisotopic (exact) mass is 449 g/mol. The first-order valence-corrected chi connectivity index (χ1v) is 11.5. The zero-order valence-corrected chi connectivity index (χ0v) is 18.2. The fourth-order valence-corrected chi connectivity index (χ4v) is 5.21. The number of benzene rings is 1. The van der Waals surface area contributed by atoms with Crippen LogP contribution in [0.25, 0.3) is 0 Å². The van der Waals surface area contributed by atoms with Gasteiger partial charge in [-0.05, 0) is 48.1 Å². The van der Waals surface area contributed by atoms with Crippen LogP contribution in [0.4, 0.5) is 5.69 Å². The molecule has 1 aromatic carbocycles. The minimum absolute atomic E-state index is 0.00392. The van der Waals surface area contributed by atoms with Crippen molar-refractivity contribution in [1.82, 2.24) is 9.47 Å². The Labute approximate surface area is 189 Å². The van der Waals surface area contributed by atoms with Crippen LogP contribution < -0.4 is 15.6 Å². The number of hydrogen-bond donors (Lipinski definition) is 1. The number of likely N-dealkylation sites (tertiary alicyclic amines) is 1. The third-order valence-corrected chi connectivity index (χ3v) is 6.92. The Morgan fingerprint density at radius 3 is 2.66 bits per heavy atom. The summed E-state index contributed by atoms with van der Waals surface area (Å²) in [4.78, 5) is 40.6. The first kappa shape index (κ1) is 20.5. The maximum Gasteiger partial charge on any atom is 0.274 e. The van der Waals surface area contributed by atoms with Crippen LogP contribution in [0.1, 0.15) is 27.7 Å². The van der Waals surface area contributed by atoms with Gasteiger partial charge in [0.15, 0.2) is 6.61 Å². The molecule has 2 bridgehead atoms. The summed E-state index contributed by atoms with van der Waals surface area (Å²) in [5, 5.41) is 4.57. The quantitative estimate of drug-likeness (QED) is 0.649. The van der Waals surface area contributed by atoms with E-state index in [0.717, 1.165) is 12.1 Å². The molecular formula is C24H23N3O4S. The van der Waals surface area contributed by atoms with Gasteiger partial charge in [-0.25, -0.2) is 0 Å². The lowest BCUT2D eigenvalue weighted by molar-refractivity contribution is -0.136. The Balaban J connectivity index is 1.29. The van der Waals surface area contributed by atoms with Crippen molar-refractivity contribution in [1.29, 1.82) is 0 Å². The largest absolute Gasteiger partial charge is 0.484 e. The molecule has 2 atom stereocenters. The number of aromatic nitrogens is 1. The van der Waals surface area contributed by atoms with Crippen molar-refractivity contribution in [3.63, 3.8) is 0 Å². The molecule has 32 heavy (non-hydrogen) atoms. The minimum atomic E-state index is -0.274. The van der Waals surface area contributed by atoms with Crippen LogP contribution >= 0.6 is 11.3 Å². The summed E-state index contributed by atoms with van der Waals surface area (Å²) in [6.07, 6.45) is 0.948. The fraction of sp³-hybridized carbons (Fsp3) is 0.292. The first-order valence-electron chi connectivity index (χ1n) is 10.6. The number of fused-ring (bicyclic) bond motifs is 4. The molecule has 8 heteroatoms. The number of carbonyl (C=O) groups is 2. The first-order chi connectivity index (χ1) is 15.6. The Hall–Kier alpha value is -3.39. The number of anilines is 1. The number of pyridine rings is 1. The molecule has 4 heterocycles. The van der Waals surface area contributed by atoms with E-state index in [2.05, 4.69) is 5.32 Å². The molecule has 2 aliphatic heterocycles. The number of carbonyl (C=O) groups excluding carboxylic acids is 2. The third-order valence-electron chi connectivity index (χ3n) is 6.06. The van der Waals surface area contributed by atoms with Gasteiger partial charge in [0.1, 0.15) is 11.4 Å². The predicted octanol–water partition coefficient (Wildman–Crippen LogP) is 3.19. The van der Waals surface area contributed by atoms with E-state index in [4.69, 9.17) is 4.74 Å². The predicted molar refractivity (Wildman–Crippen MR) is 122 cm³/mol. The smallest absolute Gasteiger partial charge is 0.274 e. The summed E-state index contributed by atoms with van der Waals surface area (Å²) in [6.45, 7) is 1.71. The molecule has 164 valence electrons. The van der Waals surface area contributed by atoms with Crippen molar-refractivity contribution >= 4 is 28.8 Å². The second-order valence-corrected chi connectivity index (χ2v) is 9.17. The van der Waals surface area contributed by atoms with Crippen molar-refractivity contribution in [3.8, 4) is 5.75 Å². The van der Waals surface area contributed by atoms with Gasteiger partial charge in [-0.15, -0.1) is 11.3 Å². The lowest BCUT2D eigenvalue weighted by atomic mass is 9.83. The summed E-state index contributed by atoms with van der Waals surface area (Å²) in [5.74, 6) is 0.649. The Morgan fingerprint density at radius 2 is 1.88 bits per heavy atom. The zero-order chi connectivity index (χ0) is 22.1. The van der Waals surface area contributed by atoms with E-state index in [0.29, 0.717) is 30.3 Å². The van der Waals surface area contributed by atoms with Gasteiger partial charge in [0.25, 0.3) is 17.4 Å². The number of nitrogens with one attached hydrogen (secondary N) is 1. The number of amides is 2. The number of piperidine rings is 1. The summed E-state index contributed by atoms with van der Waals surface area (Å²) in [7, 11) is 0. The molecule has 1 N–H and O–H groups in total. The maximum atomic E-state index is 13.1. The highest BCUT2D eigenvalue weighted by molar-refractivity contribution is 7.12. The molecule has 1 saturated heterocycles. The molecule has 5 rings (SSSR count). The molecular weight excluding hydrogens is 426 g/mol. The zero-order valence-electron chi connectivity index (χ0n) is 17.4. The van der Waals surface area contributed by atoms with Crippen LogP contribution in [0.3, 0.4) is 0 Å². The number of nitrogens with zero attached hydrogens (tertiary/aromatic N) is 2. The highest BCUT2D eigenvalue weighted by Crippen LogP contribution is 2.35. The average Bonchev–Trinajstić information content (AvgIpc) is 3.35. The average molecular weight is 450 g/mol. The van der Waals surface area contributed by atoms with Gasteiger partial charge in [-0.1, -0.05) is 24.3 Å². The van der Waals surface area contributed by atoms with Gasteiger partial charge in [0, 0.05) is 31.2 Å². The number of thiophene rings is 1. The van der Waals surface area contributed by atoms with Crippen molar-refractivity contribution in [3.05, 3.63) is 80.9 Å². The molecule has 1 fully saturated rings. The number of para-hydroxylation sites is 1. The number of rotatable bonds is 5. The van der Waals surface area contributed by atoms with Crippen LogP contribution in [0.2, 0.25) is 0 Å². The summed E-state index contributed by atoms with van der Waals surface area (Å²) >= 11 is 1.34. The van der Waals surface area contributed by atoms with Crippen molar-refractivity contribution in [2.75, 3.05) is 25.0 Å². The van der Waals surface area contributed by atoms with Crippen LogP contribution in [0.5, 0.6) is 5.75 Å². The Kier molecular flexibility index (Phi) is 5.53. The van der Waals surface area contributed by atoms with Crippen molar-refractivity contribution < 1.29 is 14.3 Å². The minimum Gasteiger partial charge on any atom is -0.484 e. The van der Waals surface area contributed by atoms with E-state index in [-0.39, 0.29) is 41.5 Å². The molecule has 0 saturated carbocycles. The van der Waals surface area contributed by atoms with Crippen LogP contribution in [-0.2, 0) is 11.3 Å². The standard InChI is InChI=1S/C24H23N3O4S/c28-22(15-31-18-5-2-1-3-6-18)26-12-16-11-17(14-26)20-9-8-19(24(30)27(20)13-16)25-23(29)21-7-4-10-32-21/h1-10,16-17H,11-15H2,(H,25,29)/t16-,17-/m1/s1. The molecule has 0 radical (unpaired) electrons. The lowest BCUT2D eigenvalue weighted by Gasteiger charge is -2.42. The van der Waals surface area contributed by atoms with Gasteiger partial charge < -0.3 is 19.5 Å². The summed E-state index contributed by atoms with van der Waals surface area (Å²) < 4.78 is 7.40. The fourth-order valence-electron chi connectivity index (χ4n) is 4.59. The third kappa shape index (κ3) is 4.05. The van der Waals surface area contributed by atoms with Crippen molar-refractivity contribution in [2.24, 2.45) is 5.92 Å². The number of ether oxygens (including phenoxy) is 1. The van der Waals surface area contributed by atoms with Gasteiger partial charge in [-0.2, -0.15) is 0 Å². The maximum absolute atomic E-state index is 13.1. The van der Waals surface area contributed by atoms with Crippen LogP contribution in [0.15, 0.2) is 64.8 Å². The molecule has 2 aliphatic rings. The van der Waals surface area contributed by atoms with Gasteiger partial charge in [0.05, 0.1) is 4.88 Å². The molecule has 2 aromatic heterocycles. The SMILES string of the molecule is O=C(Nc1ccc2n(c1=O)C[C@@H]1C[C@@H]2CN(C(=O)COc2ccccc2)C1)c1cccs1. The molecule has 3 aromatic rings. The van der Waals surface area contributed by atoms with E-state index in [1.54, 1.807) is 22.8 Å². The second-order valence-electron chi connectivity index (χ2n) is 8.22. The molecule has 0 aliphatic carbocycles. The Bertz CT molecular complexity index is 1190. The molecule has 7 nitrogen and oxygen atoms in total. The molecule has 0 unspecified atom stereocenters. The van der Waals surface area contributed by atoms with E-state index < -0.39 is 0 Å². The molecule has 2 amide bonds. The number of hydrogen-bond acceptors (Lipinski definition) is 5. The topological polar surface area (TPSA) is 80.6 Å². The van der Waals surface area contributed by atoms with Crippen LogP contribution in [0, 0.1) is 5.92 Å². The second kappa shape index (κ2) is 8.63. The summed E-state index contributed by atoms with van der Waals surface area (Å²) in [6, 6.07) is 16.4. The summed E-state index contributed by atoms with van der Waals surface area (Å²) in [5.41, 5.74) is 1.02. The Morgan fingerprint density at radius 1 is 1.03 bits per heavy atom. The van der Waals surface area contributed by atoms with Gasteiger partial charge in [-0.3, -0.25) is 14.4 Å². The highest BCUT2D eigenvalue weighted by Gasteiger charge is 2.36. The van der Waals surface area contributed by atoms with Crippen molar-refractivity contribution in [2.45, 2.75) is 18.9 Å². The highest BCUT2D eigenvalue weighted by atomic mass is 32.1.